The number of benzene rings is 1. The Hall–Kier alpha value is -1.75. The standard InChI is InChI=1S/C20H28N2O3/c1-2-12-22-13-6-3-7-16(22)19(23)21-15-8-9-17-18(14-15)25-20(24-17)10-4-5-11-20/h8-9,14,16H,2-7,10-13H2,1H3,(H,21,23)/t16-/m1/s1. The molecule has 1 saturated carbocycles. The van der Waals surface area contributed by atoms with E-state index in [9.17, 15) is 4.79 Å². The number of ether oxygens (including phenoxy) is 2. The van der Waals surface area contributed by atoms with Crippen molar-refractivity contribution in [2.45, 2.75) is 70.1 Å². The van der Waals surface area contributed by atoms with Gasteiger partial charge in [0.25, 0.3) is 5.79 Å². The first kappa shape index (κ1) is 16.7. The summed E-state index contributed by atoms with van der Waals surface area (Å²) < 4.78 is 12.1. The Balaban J connectivity index is 1.44. The number of rotatable bonds is 4. The molecular weight excluding hydrogens is 316 g/mol. The maximum atomic E-state index is 12.8. The smallest absolute Gasteiger partial charge is 0.251 e. The summed E-state index contributed by atoms with van der Waals surface area (Å²) in [4.78, 5) is 15.1. The molecule has 1 saturated heterocycles. The predicted octanol–water partition coefficient (Wildman–Crippen LogP) is 3.93. The van der Waals surface area contributed by atoms with E-state index in [0.717, 1.165) is 75.2 Å². The molecule has 136 valence electrons. The lowest BCUT2D eigenvalue weighted by Gasteiger charge is -2.34. The molecule has 5 nitrogen and oxygen atoms in total. The van der Waals surface area contributed by atoms with Crippen molar-refractivity contribution in [3.8, 4) is 11.5 Å². The second kappa shape index (κ2) is 6.87. The van der Waals surface area contributed by atoms with Crippen LogP contribution in [-0.2, 0) is 4.79 Å². The number of carbonyl (C=O) groups is 1. The van der Waals surface area contributed by atoms with E-state index >= 15 is 0 Å². The number of carbonyl (C=O) groups excluding carboxylic acids is 1. The van der Waals surface area contributed by atoms with Crippen molar-refractivity contribution in [3.63, 3.8) is 0 Å². The average Bonchev–Trinajstić information content (AvgIpc) is 3.21. The van der Waals surface area contributed by atoms with Crippen molar-refractivity contribution in [2.24, 2.45) is 0 Å². The van der Waals surface area contributed by atoms with E-state index < -0.39 is 5.79 Å². The molecule has 0 aromatic heterocycles. The fourth-order valence-electron chi connectivity index (χ4n) is 4.36. The summed E-state index contributed by atoms with van der Waals surface area (Å²) in [5, 5.41) is 3.09. The Kier molecular flexibility index (Phi) is 4.59. The van der Waals surface area contributed by atoms with Crippen molar-refractivity contribution in [3.05, 3.63) is 18.2 Å². The van der Waals surface area contributed by atoms with E-state index in [1.165, 1.54) is 6.42 Å². The Morgan fingerprint density at radius 2 is 2.00 bits per heavy atom. The number of likely N-dealkylation sites (tertiary alicyclic amines) is 1. The van der Waals surface area contributed by atoms with Gasteiger partial charge in [-0.25, -0.2) is 0 Å². The van der Waals surface area contributed by atoms with Crippen LogP contribution in [0.4, 0.5) is 5.69 Å². The van der Waals surface area contributed by atoms with Gasteiger partial charge in [0.05, 0.1) is 6.04 Å². The number of piperidine rings is 1. The van der Waals surface area contributed by atoms with Crippen LogP contribution in [0.5, 0.6) is 11.5 Å². The van der Waals surface area contributed by atoms with Gasteiger partial charge < -0.3 is 14.8 Å². The molecule has 0 bridgehead atoms. The number of amides is 1. The quantitative estimate of drug-likeness (QED) is 0.899. The lowest BCUT2D eigenvalue weighted by Crippen LogP contribution is -2.47. The third-order valence-corrected chi connectivity index (χ3v) is 5.60. The van der Waals surface area contributed by atoms with E-state index in [1.807, 2.05) is 18.2 Å². The number of nitrogens with zero attached hydrogens (tertiary/aromatic N) is 1. The maximum absolute atomic E-state index is 12.8. The zero-order valence-corrected chi connectivity index (χ0v) is 15.1. The predicted molar refractivity (Wildman–Crippen MR) is 97.0 cm³/mol. The molecule has 1 spiro atoms. The fraction of sp³-hybridized carbons (Fsp3) is 0.650. The maximum Gasteiger partial charge on any atom is 0.251 e. The van der Waals surface area contributed by atoms with Crippen LogP contribution in [0.2, 0.25) is 0 Å². The highest BCUT2D eigenvalue weighted by atomic mass is 16.7. The van der Waals surface area contributed by atoms with Crippen molar-refractivity contribution >= 4 is 11.6 Å². The topological polar surface area (TPSA) is 50.8 Å². The molecule has 1 aromatic carbocycles. The average molecular weight is 344 g/mol. The minimum absolute atomic E-state index is 0.0136. The van der Waals surface area contributed by atoms with Gasteiger partial charge in [-0.2, -0.15) is 0 Å². The molecule has 1 amide bonds. The van der Waals surface area contributed by atoms with Gasteiger partial charge in [0.1, 0.15) is 0 Å². The molecule has 2 fully saturated rings. The first-order chi connectivity index (χ1) is 12.2. The normalized spacial score (nSPS) is 24.6. The molecule has 1 aliphatic carbocycles. The first-order valence-electron chi connectivity index (χ1n) is 9.76. The Bertz CT molecular complexity index is 638. The summed E-state index contributed by atoms with van der Waals surface area (Å²) in [6, 6.07) is 5.73. The van der Waals surface area contributed by atoms with Gasteiger partial charge in [-0.05, 0) is 57.3 Å². The number of nitrogens with one attached hydrogen (secondary N) is 1. The highest BCUT2D eigenvalue weighted by Crippen LogP contribution is 2.47. The number of fused-ring (bicyclic) bond motifs is 1. The van der Waals surface area contributed by atoms with Gasteiger partial charge in [0.2, 0.25) is 5.91 Å². The highest BCUT2D eigenvalue weighted by Gasteiger charge is 2.44. The van der Waals surface area contributed by atoms with Gasteiger partial charge in [0.15, 0.2) is 11.5 Å². The largest absolute Gasteiger partial charge is 0.448 e. The van der Waals surface area contributed by atoms with Gasteiger partial charge in [-0.1, -0.05) is 13.3 Å². The Morgan fingerprint density at radius 1 is 1.20 bits per heavy atom. The van der Waals surface area contributed by atoms with E-state index in [1.54, 1.807) is 0 Å². The van der Waals surface area contributed by atoms with Gasteiger partial charge in [-0.3, -0.25) is 9.69 Å². The number of hydrogen-bond acceptors (Lipinski definition) is 4. The minimum Gasteiger partial charge on any atom is -0.448 e. The van der Waals surface area contributed by atoms with Crippen LogP contribution >= 0.6 is 0 Å². The first-order valence-corrected chi connectivity index (χ1v) is 9.76. The van der Waals surface area contributed by atoms with E-state index in [-0.39, 0.29) is 11.9 Å². The van der Waals surface area contributed by atoms with Crippen molar-refractivity contribution in [2.75, 3.05) is 18.4 Å². The summed E-state index contributed by atoms with van der Waals surface area (Å²) in [7, 11) is 0. The molecule has 2 heterocycles. The minimum atomic E-state index is -0.452. The van der Waals surface area contributed by atoms with E-state index in [2.05, 4.69) is 17.1 Å². The molecule has 3 aliphatic rings. The second-order valence-corrected chi connectivity index (χ2v) is 7.52. The van der Waals surface area contributed by atoms with Crippen molar-refractivity contribution < 1.29 is 14.3 Å². The summed E-state index contributed by atoms with van der Waals surface area (Å²) in [6.07, 6.45) is 8.52. The molecule has 0 unspecified atom stereocenters. The zero-order valence-electron chi connectivity index (χ0n) is 15.1. The molecule has 25 heavy (non-hydrogen) atoms. The van der Waals surface area contributed by atoms with Crippen LogP contribution in [0.25, 0.3) is 0 Å². The Labute approximate surface area is 149 Å². The third-order valence-electron chi connectivity index (χ3n) is 5.60. The van der Waals surface area contributed by atoms with Crippen molar-refractivity contribution in [1.29, 1.82) is 0 Å². The summed E-state index contributed by atoms with van der Waals surface area (Å²) in [5.74, 6) is 1.20. The molecular formula is C20H28N2O3. The van der Waals surface area contributed by atoms with Crippen LogP contribution in [-0.4, -0.2) is 35.7 Å². The van der Waals surface area contributed by atoms with Gasteiger partial charge in [0, 0.05) is 24.6 Å². The lowest BCUT2D eigenvalue weighted by atomic mass is 10.0. The molecule has 2 aliphatic heterocycles. The lowest BCUT2D eigenvalue weighted by molar-refractivity contribution is -0.122. The third kappa shape index (κ3) is 3.34. The SMILES string of the molecule is CCCN1CCCC[C@@H]1C(=O)Nc1ccc2c(c1)OC1(CCCC1)O2. The summed E-state index contributed by atoms with van der Waals surface area (Å²) >= 11 is 0. The van der Waals surface area contributed by atoms with Crippen LogP contribution in [0.15, 0.2) is 18.2 Å². The monoisotopic (exact) mass is 344 g/mol. The fourth-order valence-corrected chi connectivity index (χ4v) is 4.36. The van der Waals surface area contributed by atoms with Crippen LogP contribution in [0.3, 0.4) is 0 Å². The van der Waals surface area contributed by atoms with Crippen LogP contribution in [0.1, 0.15) is 58.3 Å². The van der Waals surface area contributed by atoms with Crippen LogP contribution in [0, 0.1) is 0 Å². The summed E-state index contributed by atoms with van der Waals surface area (Å²) in [6.45, 7) is 4.18. The molecule has 0 radical (unpaired) electrons. The molecule has 1 N–H and O–H groups in total. The summed E-state index contributed by atoms with van der Waals surface area (Å²) in [5.41, 5.74) is 0.796. The van der Waals surface area contributed by atoms with E-state index in [4.69, 9.17) is 9.47 Å². The number of hydrogen-bond donors (Lipinski definition) is 1. The number of anilines is 1. The second-order valence-electron chi connectivity index (χ2n) is 7.52. The zero-order chi connectivity index (χ0) is 17.3. The molecule has 4 rings (SSSR count). The van der Waals surface area contributed by atoms with Gasteiger partial charge >= 0.3 is 0 Å². The van der Waals surface area contributed by atoms with E-state index in [0.29, 0.717) is 0 Å². The molecule has 5 heteroatoms. The Morgan fingerprint density at radius 3 is 2.80 bits per heavy atom. The highest BCUT2D eigenvalue weighted by molar-refractivity contribution is 5.95. The molecule has 1 aromatic rings. The van der Waals surface area contributed by atoms with Gasteiger partial charge in [-0.15, -0.1) is 0 Å². The molecule has 1 atom stereocenters. The van der Waals surface area contributed by atoms with Crippen molar-refractivity contribution in [1.82, 2.24) is 4.90 Å². The van der Waals surface area contributed by atoms with Crippen LogP contribution < -0.4 is 14.8 Å².